The SMILES string of the molecule is CCCCCCCCCCCCCC/C=C\CCCCCCCCCCCCCCCC(O)C(=O)NC(CO)C(O)/C=C/CC/C=C/CCCCCCCCCCCCCCCC. The molecule has 0 rings (SSSR count). The van der Waals surface area contributed by atoms with E-state index in [0.29, 0.717) is 6.42 Å². The summed E-state index contributed by atoms with van der Waals surface area (Å²) in [5, 5.41) is 33.3. The van der Waals surface area contributed by atoms with E-state index >= 15 is 0 Å². The monoisotopic (exact) mass is 886 g/mol. The molecule has 5 heteroatoms. The van der Waals surface area contributed by atoms with Crippen molar-refractivity contribution in [2.45, 2.75) is 321 Å². The Balaban J connectivity index is 3.58. The maximum Gasteiger partial charge on any atom is 0.249 e. The molecule has 0 aromatic heterocycles. The van der Waals surface area contributed by atoms with Crippen molar-refractivity contribution in [3.05, 3.63) is 36.5 Å². The van der Waals surface area contributed by atoms with Crippen LogP contribution >= 0.6 is 0 Å². The number of aliphatic hydroxyl groups is 3. The lowest BCUT2D eigenvalue weighted by Gasteiger charge is -2.21. The number of nitrogens with one attached hydrogen (secondary N) is 1. The summed E-state index contributed by atoms with van der Waals surface area (Å²) >= 11 is 0. The lowest BCUT2D eigenvalue weighted by molar-refractivity contribution is -0.131. The van der Waals surface area contributed by atoms with Gasteiger partial charge in [-0.25, -0.2) is 0 Å². The lowest BCUT2D eigenvalue weighted by Crippen LogP contribution is -2.48. The Morgan fingerprint density at radius 2 is 0.651 bits per heavy atom. The molecule has 0 saturated heterocycles. The van der Waals surface area contributed by atoms with Gasteiger partial charge in [-0.2, -0.15) is 0 Å². The van der Waals surface area contributed by atoms with Gasteiger partial charge < -0.3 is 20.6 Å². The van der Waals surface area contributed by atoms with Crippen LogP contribution in [0, 0.1) is 0 Å². The Hall–Kier alpha value is -1.43. The highest BCUT2D eigenvalue weighted by Crippen LogP contribution is 2.17. The van der Waals surface area contributed by atoms with Crippen molar-refractivity contribution in [3.63, 3.8) is 0 Å². The van der Waals surface area contributed by atoms with Crippen LogP contribution in [0.3, 0.4) is 0 Å². The largest absolute Gasteiger partial charge is 0.394 e. The Labute approximate surface area is 394 Å². The maximum absolute atomic E-state index is 12.5. The number of unbranched alkanes of at least 4 members (excludes halogenated alkanes) is 40. The predicted octanol–water partition coefficient (Wildman–Crippen LogP) is 17.4. The van der Waals surface area contributed by atoms with Gasteiger partial charge >= 0.3 is 0 Å². The van der Waals surface area contributed by atoms with Gasteiger partial charge in [-0.3, -0.25) is 4.79 Å². The Morgan fingerprint density at radius 3 is 0.968 bits per heavy atom. The molecule has 3 atom stereocenters. The van der Waals surface area contributed by atoms with Crippen LogP contribution in [0.2, 0.25) is 0 Å². The van der Waals surface area contributed by atoms with Gasteiger partial charge in [0.1, 0.15) is 6.10 Å². The molecule has 0 spiro atoms. The molecule has 0 fully saturated rings. The minimum Gasteiger partial charge on any atom is -0.394 e. The number of aliphatic hydroxyl groups excluding tert-OH is 3. The zero-order chi connectivity index (χ0) is 45.8. The zero-order valence-corrected chi connectivity index (χ0v) is 42.5. The first-order valence-electron chi connectivity index (χ1n) is 28.3. The average Bonchev–Trinajstić information content (AvgIpc) is 3.29. The molecule has 0 radical (unpaired) electrons. The summed E-state index contributed by atoms with van der Waals surface area (Å²) < 4.78 is 0. The fourth-order valence-electron chi connectivity index (χ4n) is 8.79. The van der Waals surface area contributed by atoms with Gasteiger partial charge in [0.25, 0.3) is 0 Å². The van der Waals surface area contributed by atoms with Crippen LogP contribution in [0.15, 0.2) is 36.5 Å². The van der Waals surface area contributed by atoms with Crippen LogP contribution in [0.1, 0.15) is 303 Å². The van der Waals surface area contributed by atoms with Crippen LogP contribution in [-0.2, 0) is 4.79 Å². The minimum atomic E-state index is -1.11. The molecule has 0 aliphatic heterocycles. The molecule has 372 valence electrons. The molecule has 0 aromatic carbocycles. The maximum atomic E-state index is 12.5. The van der Waals surface area contributed by atoms with Crippen molar-refractivity contribution < 1.29 is 20.1 Å². The van der Waals surface area contributed by atoms with Gasteiger partial charge in [-0.1, -0.05) is 281 Å². The van der Waals surface area contributed by atoms with Crippen molar-refractivity contribution in [2.24, 2.45) is 0 Å². The first kappa shape index (κ1) is 61.6. The molecule has 0 aliphatic carbocycles. The van der Waals surface area contributed by atoms with Crippen molar-refractivity contribution in [3.8, 4) is 0 Å². The first-order valence-corrected chi connectivity index (χ1v) is 28.3. The standard InChI is InChI=1S/C58H111NO4/c1-3-5-7-9-11-13-15-17-19-21-23-25-26-27-28-29-30-31-32-33-35-37-39-41-43-45-47-49-51-53-57(62)58(63)59-55(54-60)56(61)52-50-48-46-44-42-40-38-36-34-24-22-20-18-16-14-12-10-8-6-4-2/h27-28,42,44,50,52,55-57,60-62H,3-26,29-41,43,45-49,51,53-54H2,1-2H3,(H,59,63)/b28-27-,44-42+,52-50+. The number of hydrogen-bond acceptors (Lipinski definition) is 4. The highest BCUT2D eigenvalue weighted by molar-refractivity contribution is 5.80. The highest BCUT2D eigenvalue weighted by atomic mass is 16.3. The van der Waals surface area contributed by atoms with E-state index in [1.165, 1.54) is 244 Å². The number of allylic oxidation sites excluding steroid dienone is 5. The Kier molecular flexibility index (Phi) is 52.0. The smallest absolute Gasteiger partial charge is 0.249 e. The van der Waals surface area contributed by atoms with Gasteiger partial charge in [0.15, 0.2) is 0 Å². The van der Waals surface area contributed by atoms with Gasteiger partial charge in [-0.15, -0.1) is 0 Å². The van der Waals surface area contributed by atoms with Crippen molar-refractivity contribution in [1.82, 2.24) is 5.32 Å². The van der Waals surface area contributed by atoms with Crippen LogP contribution in [-0.4, -0.2) is 46.1 Å². The van der Waals surface area contributed by atoms with E-state index in [2.05, 4.69) is 43.5 Å². The summed E-state index contributed by atoms with van der Waals surface area (Å²) in [5.41, 5.74) is 0. The van der Waals surface area contributed by atoms with Crippen LogP contribution in [0.5, 0.6) is 0 Å². The van der Waals surface area contributed by atoms with E-state index in [4.69, 9.17) is 0 Å². The molecule has 0 saturated carbocycles. The second-order valence-corrected chi connectivity index (χ2v) is 19.5. The fraction of sp³-hybridized carbons (Fsp3) is 0.879. The molecular formula is C58H111NO4. The molecule has 63 heavy (non-hydrogen) atoms. The number of carbonyl (C=O) groups is 1. The van der Waals surface area contributed by atoms with E-state index in [9.17, 15) is 20.1 Å². The summed E-state index contributed by atoms with van der Waals surface area (Å²) in [6.45, 7) is 4.20. The molecule has 0 aliphatic rings. The summed E-state index contributed by atoms with van der Waals surface area (Å²) in [6.07, 6.45) is 69.4. The summed E-state index contributed by atoms with van der Waals surface area (Å²) in [4.78, 5) is 12.5. The third-order valence-corrected chi connectivity index (χ3v) is 13.2. The second-order valence-electron chi connectivity index (χ2n) is 19.5. The van der Waals surface area contributed by atoms with E-state index in [-0.39, 0.29) is 6.61 Å². The number of hydrogen-bond donors (Lipinski definition) is 4. The molecular weight excluding hydrogens is 775 g/mol. The third kappa shape index (κ3) is 48.3. The van der Waals surface area contributed by atoms with Gasteiger partial charge in [0, 0.05) is 0 Å². The summed E-state index contributed by atoms with van der Waals surface area (Å²) in [6, 6.07) is -0.815. The van der Waals surface area contributed by atoms with Crippen molar-refractivity contribution in [2.75, 3.05) is 6.61 Å². The Morgan fingerprint density at radius 1 is 0.381 bits per heavy atom. The highest BCUT2D eigenvalue weighted by Gasteiger charge is 2.22. The molecule has 4 N–H and O–H groups in total. The topological polar surface area (TPSA) is 89.8 Å². The molecule has 0 bridgehead atoms. The fourth-order valence-corrected chi connectivity index (χ4v) is 8.79. The quantitative estimate of drug-likeness (QED) is 0.0362. The number of carbonyl (C=O) groups excluding carboxylic acids is 1. The van der Waals surface area contributed by atoms with E-state index < -0.39 is 24.2 Å². The molecule has 0 aromatic rings. The molecule has 0 heterocycles. The normalized spacial score (nSPS) is 13.5. The van der Waals surface area contributed by atoms with Gasteiger partial charge in [0.2, 0.25) is 5.91 Å². The predicted molar refractivity (Wildman–Crippen MR) is 278 cm³/mol. The number of rotatable bonds is 52. The minimum absolute atomic E-state index is 0.375. The van der Waals surface area contributed by atoms with E-state index in [0.717, 1.165) is 38.5 Å². The van der Waals surface area contributed by atoms with Crippen LogP contribution in [0.25, 0.3) is 0 Å². The second kappa shape index (κ2) is 53.2. The van der Waals surface area contributed by atoms with Gasteiger partial charge in [-0.05, 0) is 57.8 Å². The van der Waals surface area contributed by atoms with E-state index in [1.807, 2.05) is 6.08 Å². The van der Waals surface area contributed by atoms with Crippen molar-refractivity contribution in [1.29, 1.82) is 0 Å². The first-order chi connectivity index (χ1) is 31.1. The Bertz CT molecular complexity index is 978. The average molecular weight is 887 g/mol. The van der Waals surface area contributed by atoms with Gasteiger partial charge in [0.05, 0.1) is 18.8 Å². The lowest BCUT2D eigenvalue weighted by atomic mass is 10.0. The third-order valence-electron chi connectivity index (χ3n) is 13.2. The van der Waals surface area contributed by atoms with Crippen LogP contribution < -0.4 is 5.32 Å². The van der Waals surface area contributed by atoms with E-state index in [1.54, 1.807) is 6.08 Å². The summed E-state index contributed by atoms with van der Waals surface area (Å²) in [5.74, 6) is -0.509. The van der Waals surface area contributed by atoms with Crippen LogP contribution in [0.4, 0.5) is 0 Å². The molecule has 3 unspecified atom stereocenters. The molecule has 1 amide bonds. The molecule has 5 nitrogen and oxygen atoms in total. The zero-order valence-electron chi connectivity index (χ0n) is 42.5. The van der Waals surface area contributed by atoms with Crippen molar-refractivity contribution >= 4 is 5.91 Å². The number of amides is 1. The summed E-state index contributed by atoms with van der Waals surface area (Å²) in [7, 11) is 0.